The van der Waals surface area contributed by atoms with Crippen LogP contribution in [-0.4, -0.2) is 43.9 Å². The minimum atomic E-state index is -0.935. The smallest absolute Gasteiger partial charge is 0.329 e. The van der Waals surface area contributed by atoms with Gasteiger partial charge in [-0.05, 0) is 66.6 Å². The first kappa shape index (κ1) is 28.5. The summed E-state index contributed by atoms with van der Waals surface area (Å²) in [6.45, 7) is 2.12. The zero-order valence-electron chi connectivity index (χ0n) is 21.2. The second-order valence-corrected chi connectivity index (χ2v) is 8.99. The molecule has 0 fully saturated rings. The van der Waals surface area contributed by atoms with Crippen LogP contribution in [0.2, 0.25) is 10.0 Å². The van der Waals surface area contributed by atoms with Crippen LogP contribution in [0.25, 0.3) is 0 Å². The normalized spacial score (nSPS) is 11.7. The zero-order valence-corrected chi connectivity index (χ0v) is 22.7. The van der Waals surface area contributed by atoms with Crippen molar-refractivity contribution in [1.29, 1.82) is 0 Å². The van der Waals surface area contributed by atoms with Gasteiger partial charge < -0.3 is 29.6 Å². The molecule has 0 radical (unpaired) electrons. The summed E-state index contributed by atoms with van der Waals surface area (Å²) in [6.07, 6.45) is 1.34. The van der Waals surface area contributed by atoms with E-state index in [0.717, 1.165) is 5.56 Å². The highest BCUT2D eigenvalue weighted by molar-refractivity contribution is 6.42. The highest BCUT2D eigenvalue weighted by Gasteiger charge is 2.16. The molecule has 208 valence electrons. The molecule has 11 nitrogen and oxygen atoms in total. The van der Waals surface area contributed by atoms with Gasteiger partial charge in [0.05, 0.1) is 22.9 Å². The van der Waals surface area contributed by atoms with Crippen LogP contribution in [0.3, 0.4) is 0 Å². The van der Waals surface area contributed by atoms with Crippen LogP contribution in [0, 0.1) is 0 Å². The van der Waals surface area contributed by atoms with Gasteiger partial charge in [-0.3, -0.25) is 14.4 Å². The fraction of sp³-hybridized carbons (Fsp3) is 0.185. The monoisotopic (exact) mass is 586 g/mol. The predicted molar refractivity (Wildman–Crippen MR) is 148 cm³/mol. The summed E-state index contributed by atoms with van der Waals surface area (Å²) in [5.74, 6) is -0.305. The van der Waals surface area contributed by atoms with E-state index in [2.05, 4.69) is 21.2 Å². The van der Waals surface area contributed by atoms with Crippen LogP contribution in [0.1, 0.15) is 18.1 Å². The lowest BCUT2D eigenvalue weighted by Gasteiger charge is -2.13. The van der Waals surface area contributed by atoms with Gasteiger partial charge in [0, 0.05) is 12.2 Å². The topological polar surface area (TPSA) is 137 Å². The first-order valence-corrected chi connectivity index (χ1v) is 12.7. The molecule has 0 bridgehead atoms. The average Bonchev–Trinajstić information content (AvgIpc) is 3.41. The average molecular weight is 587 g/mol. The van der Waals surface area contributed by atoms with E-state index >= 15 is 0 Å². The summed E-state index contributed by atoms with van der Waals surface area (Å²) < 4.78 is 21.8. The van der Waals surface area contributed by atoms with Gasteiger partial charge in [0.25, 0.3) is 5.91 Å². The molecule has 0 atom stereocenters. The molecule has 1 aliphatic rings. The fourth-order valence-electron chi connectivity index (χ4n) is 3.44. The maximum absolute atomic E-state index is 12.3. The quantitative estimate of drug-likeness (QED) is 0.186. The maximum Gasteiger partial charge on any atom is 0.329 e. The van der Waals surface area contributed by atoms with Crippen molar-refractivity contribution in [3.63, 3.8) is 0 Å². The van der Waals surface area contributed by atoms with Crippen LogP contribution >= 0.6 is 23.2 Å². The van der Waals surface area contributed by atoms with E-state index in [-0.39, 0.29) is 19.9 Å². The zero-order chi connectivity index (χ0) is 28.5. The summed E-state index contributed by atoms with van der Waals surface area (Å²) in [5, 5.41) is 9.70. The van der Waals surface area contributed by atoms with Crippen molar-refractivity contribution in [2.24, 2.45) is 5.10 Å². The van der Waals surface area contributed by atoms with Crippen molar-refractivity contribution in [3.8, 4) is 23.0 Å². The standard InChI is InChI=1S/C27H24Cl2N4O7/c1-2-37-23-10-17(4-7-21(23)38-14-25(34)32-18-5-6-19(28)20(29)11-18)13-31-33-27(36)26(35)30-12-16-3-8-22-24(9-16)40-15-39-22/h3-11,13H,2,12,14-15H2,1H3,(H,30,35)(H,32,34)(H,33,36)/b31-13-. The summed E-state index contributed by atoms with van der Waals surface area (Å²) in [4.78, 5) is 36.5. The van der Waals surface area contributed by atoms with Crippen molar-refractivity contribution in [2.75, 3.05) is 25.3 Å². The maximum atomic E-state index is 12.3. The Bertz CT molecular complexity index is 1450. The molecule has 0 saturated carbocycles. The third-order valence-corrected chi connectivity index (χ3v) is 6.04. The number of fused-ring (bicyclic) bond motifs is 1. The van der Waals surface area contributed by atoms with Gasteiger partial charge in [-0.2, -0.15) is 5.10 Å². The van der Waals surface area contributed by atoms with E-state index in [1.54, 1.807) is 55.5 Å². The minimum absolute atomic E-state index is 0.122. The van der Waals surface area contributed by atoms with Gasteiger partial charge in [0.2, 0.25) is 6.79 Å². The molecule has 4 rings (SSSR count). The number of nitrogens with one attached hydrogen (secondary N) is 3. The van der Waals surface area contributed by atoms with Gasteiger partial charge >= 0.3 is 11.8 Å². The van der Waals surface area contributed by atoms with E-state index < -0.39 is 17.7 Å². The Hall–Kier alpha value is -4.48. The van der Waals surface area contributed by atoms with Crippen LogP contribution < -0.4 is 35.0 Å². The molecule has 3 aromatic carbocycles. The Morgan fingerprint density at radius 3 is 2.55 bits per heavy atom. The first-order valence-electron chi connectivity index (χ1n) is 12.0. The predicted octanol–water partition coefficient (Wildman–Crippen LogP) is 3.90. The molecule has 1 aliphatic heterocycles. The third-order valence-electron chi connectivity index (χ3n) is 5.31. The Balaban J connectivity index is 1.27. The third kappa shape index (κ3) is 7.78. The molecule has 1 heterocycles. The lowest BCUT2D eigenvalue weighted by Crippen LogP contribution is -2.37. The fourth-order valence-corrected chi connectivity index (χ4v) is 3.73. The second kappa shape index (κ2) is 13.5. The lowest BCUT2D eigenvalue weighted by molar-refractivity contribution is -0.139. The Labute approximate surface area is 239 Å². The molecule has 40 heavy (non-hydrogen) atoms. The van der Waals surface area contributed by atoms with Gasteiger partial charge in [-0.15, -0.1) is 0 Å². The molecule has 3 N–H and O–H groups in total. The number of nitrogens with zero attached hydrogens (tertiary/aromatic N) is 1. The molecular formula is C27H24Cl2N4O7. The number of anilines is 1. The summed E-state index contributed by atoms with van der Waals surface area (Å²) in [7, 11) is 0. The van der Waals surface area contributed by atoms with E-state index in [4.69, 9.17) is 42.1 Å². The first-order chi connectivity index (χ1) is 19.3. The SMILES string of the molecule is CCOc1cc(/C=N\NC(=O)C(=O)NCc2ccc3c(c2)OCO3)ccc1OCC(=O)Nc1ccc(Cl)c(Cl)c1. The second-order valence-electron chi connectivity index (χ2n) is 8.17. The number of carbonyl (C=O) groups is 3. The molecule has 13 heteroatoms. The number of halogens is 2. The molecule has 3 aromatic rings. The van der Waals surface area contributed by atoms with Gasteiger partial charge in [-0.1, -0.05) is 29.3 Å². The Kier molecular flexibility index (Phi) is 9.66. The Morgan fingerprint density at radius 2 is 1.75 bits per heavy atom. The van der Waals surface area contributed by atoms with Gasteiger partial charge in [-0.25, -0.2) is 5.43 Å². The van der Waals surface area contributed by atoms with Crippen LogP contribution in [0.5, 0.6) is 23.0 Å². The largest absolute Gasteiger partial charge is 0.490 e. The van der Waals surface area contributed by atoms with Crippen LogP contribution in [0.15, 0.2) is 59.7 Å². The van der Waals surface area contributed by atoms with Gasteiger partial charge in [0.1, 0.15) is 0 Å². The van der Waals surface area contributed by atoms with E-state index in [1.807, 2.05) is 0 Å². The van der Waals surface area contributed by atoms with Crippen molar-refractivity contribution in [2.45, 2.75) is 13.5 Å². The Morgan fingerprint density at radius 1 is 0.925 bits per heavy atom. The van der Waals surface area contributed by atoms with E-state index in [9.17, 15) is 14.4 Å². The lowest BCUT2D eigenvalue weighted by atomic mass is 10.2. The molecule has 3 amide bonds. The molecule has 0 saturated heterocycles. The number of carbonyl (C=O) groups excluding carboxylic acids is 3. The number of benzene rings is 3. The van der Waals surface area contributed by atoms with Crippen LogP contribution in [0.4, 0.5) is 5.69 Å². The van der Waals surface area contributed by atoms with Crippen LogP contribution in [-0.2, 0) is 20.9 Å². The van der Waals surface area contributed by atoms with Crippen molar-refractivity contribution in [1.82, 2.24) is 10.7 Å². The number of amides is 3. The summed E-state index contributed by atoms with van der Waals surface area (Å²) >= 11 is 11.9. The van der Waals surface area contributed by atoms with E-state index in [0.29, 0.717) is 50.9 Å². The van der Waals surface area contributed by atoms with Crippen molar-refractivity contribution < 1.29 is 33.3 Å². The van der Waals surface area contributed by atoms with E-state index in [1.165, 1.54) is 12.3 Å². The number of rotatable bonds is 10. The minimum Gasteiger partial charge on any atom is -0.490 e. The summed E-state index contributed by atoms with van der Waals surface area (Å²) in [5.41, 5.74) is 3.95. The molecule has 0 unspecified atom stereocenters. The summed E-state index contributed by atoms with van der Waals surface area (Å²) in [6, 6.07) is 14.8. The van der Waals surface area contributed by atoms with Gasteiger partial charge in [0.15, 0.2) is 29.6 Å². The molecule has 0 aromatic heterocycles. The highest BCUT2D eigenvalue weighted by Crippen LogP contribution is 2.32. The molecule has 0 aliphatic carbocycles. The van der Waals surface area contributed by atoms with Crippen molar-refractivity contribution in [3.05, 3.63) is 75.8 Å². The number of hydrogen-bond donors (Lipinski definition) is 3. The molecule has 0 spiro atoms. The number of hydrazone groups is 1. The number of hydrogen-bond acceptors (Lipinski definition) is 8. The molecular weight excluding hydrogens is 563 g/mol. The number of ether oxygens (including phenoxy) is 4. The van der Waals surface area contributed by atoms with Crippen molar-refractivity contribution >= 4 is 52.8 Å². The highest BCUT2D eigenvalue weighted by atomic mass is 35.5.